The molecule has 2 aromatic rings. The fourth-order valence-corrected chi connectivity index (χ4v) is 1.71. The first kappa shape index (κ1) is 11.9. The van der Waals surface area contributed by atoms with E-state index in [4.69, 9.17) is 11.6 Å². The number of hydrogen-bond donors (Lipinski definition) is 0. The third kappa shape index (κ3) is 2.94. The van der Waals surface area contributed by atoms with Crippen molar-refractivity contribution in [3.63, 3.8) is 0 Å². The molecule has 90 valence electrons. The molecule has 0 fully saturated rings. The van der Waals surface area contributed by atoms with Crippen LogP contribution in [-0.4, -0.2) is 25.7 Å². The van der Waals surface area contributed by atoms with Gasteiger partial charge < -0.3 is 0 Å². The minimum atomic E-state index is -0.207. The Morgan fingerprint density at radius 2 is 1.71 bits per heavy atom. The molecule has 0 unspecified atom stereocenters. The number of tetrazole rings is 1. The lowest BCUT2D eigenvalue weighted by Gasteiger charge is -1.99. The first-order chi connectivity index (χ1) is 8.31. The van der Waals surface area contributed by atoms with Crippen LogP contribution in [0.1, 0.15) is 5.56 Å². The van der Waals surface area contributed by atoms with Gasteiger partial charge in [0.05, 0.1) is 13.1 Å². The molecule has 0 amide bonds. The molecule has 17 heavy (non-hydrogen) atoms. The Morgan fingerprint density at radius 1 is 1.06 bits per heavy atom. The Balaban J connectivity index is 2.02. The number of hydrogen-bond acceptors (Lipinski definition) is 3. The lowest BCUT2D eigenvalue weighted by Crippen LogP contribution is -2.26. The van der Waals surface area contributed by atoms with Crippen LogP contribution >= 0.6 is 11.6 Å². The van der Waals surface area contributed by atoms with Crippen molar-refractivity contribution < 1.29 is 0 Å². The van der Waals surface area contributed by atoms with Crippen LogP contribution in [0.4, 0.5) is 0 Å². The SMILES string of the molecule is O=c1n(CCCl)nnn1CCc1ccccc1. The fourth-order valence-electron chi connectivity index (χ4n) is 1.55. The molecule has 0 atom stereocenters. The molecule has 0 radical (unpaired) electrons. The van der Waals surface area contributed by atoms with E-state index in [2.05, 4.69) is 10.4 Å². The summed E-state index contributed by atoms with van der Waals surface area (Å²) in [6.45, 7) is 0.927. The van der Waals surface area contributed by atoms with Crippen LogP contribution in [0.5, 0.6) is 0 Å². The predicted octanol–water partition coefficient (Wildman–Crippen LogP) is 0.921. The molecule has 0 spiro atoms. The smallest absolute Gasteiger partial charge is 0.244 e. The maximum atomic E-state index is 11.7. The maximum absolute atomic E-state index is 11.7. The Bertz CT molecular complexity index is 520. The molecule has 1 aromatic carbocycles. The summed E-state index contributed by atoms with van der Waals surface area (Å²) in [7, 11) is 0. The van der Waals surface area contributed by atoms with Gasteiger partial charge in [-0.1, -0.05) is 30.3 Å². The third-order valence-corrected chi connectivity index (χ3v) is 2.62. The normalized spacial score (nSPS) is 10.6. The summed E-state index contributed by atoms with van der Waals surface area (Å²) in [4.78, 5) is 11.7. The summed E-state index contributed by atoms with van der Waals surface area (Å²) in [6, 6.07) is 9.96. The van der Waals surface area contributed by atoms with Crippen molar-refractivity contribution in [2.75, 3.05) is 5.88 Å². The summed E-state index contributed by atoms with van der Waals surface area (Å²) in [6.07, 6.45) is 0.764. The van der Waals surface area contributed by atoms with Gasteiger partial charge in [-0.05, 0) is 22.4 Å². The molecule has 0 bridgehead atoms. The molecule has 0 aliphatic heterocycles. The quantitative estimate of drug-likeness (QED) is 0.744. The highest BCUT2D eigenvalue weighted by molar-refractivity contribution is 6.17. The first-order valence-corrected chi connectivity index (χ1v) is 5.95. The predicted molar refractivity (Wildman–Crippen MR) is 65.1 cm³/mol. The van der Waals surface area contributed by atoms with E-state index in [1.165, 1.54) is 14.9 Å². The number of nitrogens with zero attached hydrogens (tertiary/aromatic N) is 4. The average molecular weight is 253 g/mol. The van der Waals surface area contributed by atoms with Crippen LogP contribution < -0.4 is 5.69 Å². The van der Waals surface area contributed by atoms with Gasteiger partial charge >= 0.3 is 5.69 Å². The zero-order valence-electron chi connectivity index (χ0n) is 9.29. The molecule has 6 heteroatoms. The van der Waals surface area contributed by atoms with Crippen LogP contribution in [0.15, 0.2) is 35.1 Å². The second-order valence-electron chi connectivity index (χ2n) is 3.63. The van der Waals surface area contributed by atoms with Gasteiger partial charge in [-0.3, -0.25) is 0 Å². The largest absolute Gasteiger partial charge is 0.363 e. The van der Waals surface area contributed by atoms with Crippen molar-refractivity contribution in [1.29, 1.82) is 0 Å². The van der Waals surface area contributed by atoms with Gasteiger partial charge in [-0.15, -0.1) is 11.6 Å². The molecule has 0 N–H and O–H groups in total. The Kier molecular flexibility index (Phi) is 3.93. The molecule has 5 nitrogen and oxygen atoms in total. The van der Waals surface area contributed by atoms with Gasteiger partial charge in [0.25, 0.3) is 0 Å². The van der Waals surface area contributed by atoms with Crippen LogP contribution in [0, 0.1) is 0 Å². The standard InChI is InChI=1S/C11H13ClN4O/c12-7-9-16-11(17)15(13-14-16)8-6-10-4-2-1-3-5-10/h1-5H,6-9H2. The molecule has 1 aromatic heterocycles. The Morgan fingerprint density at radius 3 is 2.35 bits per heavy atom. The number of alkyl halides is 1. The number of benzene rings is 1. The lowest BCUT2D eigenvalue weighted by atomic mass is 10.2. The molecular formula is C11H13ClN4O. The topological polar surface area (TPSA) is 52.7 Å². The summed E-state index contributed by atoms with van der Waals surface area (Å²) < 4.78 is 2.64. The van der Waals surface area contributed by atoms with E-state index in [-0.39, 0.29) is 5.69 Å². The minimum absolute atomic E-state index is 0.207. The monoisotopic (exact) mass is 252 g/mol. The first-order valence-electron chi connectivity index (χ1n) is 5.42. The number of aromatic nitrogens is 4. The van der Waals surface area contributed by atoms with Crippen molar-refractivity contribution in [3.05, 3.63) is 46.4 Å². The van der Waals surface area contributed by atoms with E-state index in [1.807, 2.05) is 30.3 Å². The lowest BCUT2D eigenvalue weighted by molar-refractivity contribution is 0.573. The molecule has 2 rings (SSSR count). The van der Waals surface area contributed by atoms with Gasteiger partial charge in [0, 0.05) is 5.88 Å². The van der Waals surface area contributed by atoms with Crippen molar-refractivity contribution in [3.8, 4) is 0 Å². The molecule has 0 saturated carbocycles. The molecule has 0 aliphatic carbocycles. The number of halogens is 1. The van der Waals surface area contributed by atoms with E-state index in [0.717, 1.165) is 6.42 Å². The second kappa shape index (κ2) is 5.63. The number of aryl methyl sites for hydroxylation is 3. The van der Waals surface area contributed by atoms with Gasteiger partial charge in [0.2, 0.25) is 0 Å². The van der Waals surface area contributed by atoms with Crippen molar-refractivity contribution in [2.45, 2.75) is 19.5 Å². The summed E-state index contributed by atoms with van der Waals surface area (Å²) in [5, 5.41) is 7.56. The van der Waals surface area contributed by atoms with Crippen LogP contribution in [0.3, 0.4) is 0 Å². The Hall–Kier alpha value is -1.62. The highest BCUT2D eigenvalue weighted by Crippen LogP contribution is 1.99. The van der Waals surface area contributed by atoms with E-state index >= 15 is 0 Å². The maximum Gasteiger partial charge on any atom is 0.363 e. The molecule has 0 aliphatic rings. The summed E-state index contributed by atoms with van der Waals surface area (Å²) in [5.41, 5.74) is 0.966. The molecular weight excluding hydrogens is 240 g/mol. The summed E-state index contributed by atoms with van der Waals surface area (Å²) >= 11 is 5.55. The average Bonchev–Trinajstić information content (AvgIpc) is 2.70. The van der Waals surface area contributed by atoms with Gasteiger partial charge in [0.1, 0.15) is 0 Å². The Labute approximate surface area is 104 Å². The highest BCUT2D eigenvalue weighted by Gasteiger charge is 2.05. The van der Waals surface area contributed by atoms with Crippen molar-refractivity contribution in [2.24, 2.45) is 0 Å². The van der Waals surface area contributed by atoms with Crippen LogP contribution in [0.2, 0.25) is 0 Å². The zero-order chi connectivity index (χ0) is 12.1. The van der Waals surface area contributed by atoms with E-state index in [0.29, 0.717) is 19.0 Å². The van der Waals surface area contributed by atoms with Crippen molar-refractivity contribution >= 4 is 11.6 Å². The van der Waals surface area contributed by atoms with Gasteiger partial charge in [0.15, 0.2) is 0 Å². The van der Waals surface area contributed by atoms with Crippen molar-refractivity contribution in [1.82, 2.24) is 19.8 Å². The van der Waals surface area contributed by atoms with E-state index in [1.54, 1.807) is 0 Å². The zero-order valence-corrected chi connectivity index (χ0v) is 10.0. The molecule has 0 saturated heterocycles. The van der Waals surface area contributed by atoms with Gasteiger partial charge in [-0.25, -0.2) is 4.79 Å². The fraction of sp³-hybridized carbons (Fsp3) is 0.364. The van der Waals surface area contributed by atoms with E-state index < -0.39 is 0 Å². The van der Waals surface area contributed by atoms with E-state index in [9.17, 15) is 4.79 Å². The second-order valence-corrected chi connectivity index (χ2v) is 4.01. The van der Waals surface area contributed by atoms with Crippen LogP contribution in [-0.2, 0) is 19.5 Å². The van der Waals surface area contributed by atoms with Gasteiger partial charge in [-0.2, -0.15) is 9.36 Å². The highest BCUT2D eigenvalue weighted by atomic mass is 35.5. The molecule has 1 heterocycles. The number of rotatable bonds is 5. The minimum Gasteiger partial charge on any atom is -0.244 e. The van der Waals surface area contributed by atoms with Crippen LogP contribution in [0.25, 0.3) is 0 Å². The summed E-state index contributed by atoms with van der Waals surface area (Å²) in [5.74, 6) is 0.358. The third-order valence-electron chi connectivity index (χ3n) is 2.45.